The summed E-state index contributed by atoms with van der Waals surface area (Å²) in [6, 6.07) is 3.68. The molecule has 0 radical (unpaired) electrons. The van der Waals surface area contributed by atoms with Crippen LogP contribution < -0.4 is 5.32 Å². The Balaban J connectivity index is 2.28. The van der Waals surface area contributed by atoms with Gasteiger partial charge in [-0.25, -0.2) is 0 Å². The number of carboxylic acid groups (broad SMARTS) is 1. The number of nitrogens with one attached hydrogen (secondary N) is 2. The first-order chi connectivity index (χ1) is 7.09. The van der Waals surface area contributed by atoms with Gasteiger partial charge in [-0.05, 0) is 12.1 Å². The molecule has 0 aliphatic carbocycles. The van der Waals surface area contributed by atoms with Crippen LogP contribution in [0.4, 0.5) is 0 Å². The summed E-state index contributed by atoms with van der Waals surface area (Å²) in [5, 5.41) is 11.2. The van der Waals surface area contributed by atoms with Crippen molar-refractivity contribution in [3.63, 3.8) is 0 Å². The van der Waals surface area contributed by atoms with Crippen molar-refractivity contribution >= 4 is 11.9 Å². The van der Waals surface area contributed by atoms with Crippen LogP contribution >= 0.6 is 0 Å². The van der Waals surface area contributed by atoms with Crippen molar-refractivity contribution < 1.29 is 14.7 Å². The molecule has 5 nitrogen and oxygen atoms in total. The van der Waals surface area contributed by atoms with Crippen molar-refractivity contribution in [2.75, 3.05) is 0 Å². The Kier molecular flexibility index (Phi) is 3.91. The van der Waals surface area contributed by atoms with E-state index in [0.717, 1.165) is 5.69 Å². The van der Waals surface area contributed by atoms with Gasteiger partial charge in [0.15, 0.2) is 0 Å². The molecule has 5 heteroatoms. The summed E-state index contributed by atoms with van der Waals surface area (Å²) in [5.41, 5.74) is 0.895. The Morgan fingerprint density at radius 3 is 2.87 bits per heavy atom. The van der Waals surface area contributed by atoms with Gasteiger partial charge in [0, 0.05) is 18.3 Å². The van der Waals surface area contributed by atoms with Crippen molar-refractivity contribution in [1.29, 1.82) is 0 Å². The average Bonchev–Trinajstić information content (AvgIpc) is 2.66. The Morgan fingerprint density at radius 2 is 2.33 bits per heavy atom. The van der Waals surface area contributed by atoms with Crippen molar-refractivity contribution in [2.45, 2.75) is 19.9 Å². The minimum atomic E-state index is -0.954. The number of hydrogen-bond acceptors (Lipinski definition) is 2. The van der Waals surface area contributed by atoms with E-state index in [0.29, 0.717) is 6.54 Å². The third-order valence-corrected chi connectivity index (χ3v) is 2.05. The SMILES string of the molecule is CC(CC(=O)NCc1ccc[nH]1)C(=O)O. The number of carbonyl (C=O) groups is 2. The summed E-state index contributed by atoms with van der Waals surface area (Å²) >= 11 is 0. The van der Waals surface area contributed by atoms with Crippen LogP contribution in [-0.4, -0.2) is 22.0 Å². The summed E-state index contributed by atoms with van der Waals surface area (Å²) in [5.74, 6) is -1.85. The first kappa shape index (κ1) is 11.3. The second kappa shape index (κ2) is 5.19. The van der Waals surface area contributed by atoms with Crippen LogP contribution in [0.1, 0.15) is 19.0 Å². The fourth-order valence-electron chi connectivity index (χ4n) is 1.11. The van der Waals surface area contributed by atoms with E-state index in [-0.39, 0.29) is 12.3 Å². The van der Waals surface area contributed by atoms with E-state index in [1.54, 1.807) is 6.20 Å². The molecule has 1 aromatic heterocycles. The molecule has 82 valence electrons. The summed E-state index contributed by atoms with van der Waals surface area (Å²) < 4.78 is 0. The molecule has 0 aliphatic rings. The standard InChI is InChI=1S/C10H14N2O3/c1-7(10(14)15)5-9(13)12-6-8-3-2-4-11-8/h2-4,7,11H,5-6H2,1H3,(H,12,13)(H,14,15). The van der Waals surface area contributed by atoms with E-state index in [1.165, 1.54) is 6.92 Å². The molecule has 0 fully saturated rings. The van der Waals surface area contributed by atoms with Crippen LogP contribution in [0, 0.1) is 5.92 Å². The van der Waals surface area contributed by atoms with Crippen LogP contribution in [-0.2, 0) is 16.1 Å². The number of carboxylic acids is 1. The number of carbonyl (C=O) groups excluding carboxylic acids is 1. The lowest BCUT2D eigenvalue weighted by Gasteiger charge is -2.06. The van der Waals surface area contributed by atoms with E-state index >= 15 is 0 Å². The first-order valence-corrected chi connectivity index (χ1v) is 4.71. The highest BCUT2D eigenvalue weighted by atomic mass is 16.4. The number of rotatable bonds is 5. The Labute approximate surface area is 87.5 Å². The predicted molar refractivity (Wildman–Crippen MR) is 54.1 cm³/mol. The van der Waals surface area contributed by atoms with Gasteiger partial charge in [-0.3, -0.25) is 9.59 Å². The molecule has 1 atom stereocenters. The van der Waals surface area contributed by atoms with Crippen LogP contribution in [0.3, 0.4) is 0 Å². The number of aliphatic carboxylic acids is 1. The Hall–Kier alpha value is -1.78. The van der Waals surface area contributed by atoms with E-state index in [1.807, 2.05) is 12.1 Å². The van der Waals surface area contributed by atoms with Crippen molar-refractivity contribution in [2.24, 2.45) is 5.92 Å². The second-order valence-corrected chi connectivity index (χ2v) is 3.42. The van der Waals surface area contributed by atoms with E-state index < -0.39 is 11.9 Å². The maximum Gasteiger partial charge on any atom is 0.306 e. The Morgan fingerprint density at radius 1 is 1.60 bits per heavy atom. The first-order valence-electron chi connectivity index (χ1n) is 4.71. The van der Waals surface area contributed by atoms with Gasteiger partial charge in [0.1, 0.15) is 0 Å². The maximum atomic E-state index is 11.3. The predicted octanol–water partition coefficient (Wildman–Crippen LogP) is 0.742. The topological polar surface area (TPSA) is 82.2 Å². The monoisotopic (exact) mass is 210 g/mol. The summed E-state index contributed by atoms with van der Waals surface area (Å²) in [6.45, 7) is 1.91. The van der Waals surface area contributed by atoms with Gasteiger partial charge in [0.2, 0.25) is 5.91 Å². The minimum absolute atomic E-state index is 0.00996. The molecule has 0 saturated heterocycles. The molecule has 1 unspecified atom stereocenters. The molecular weight excluding hydrogens is 196 g/mol. The van der Waals surface area contributed by atoms with Crippen LogP contribution in [0.25, 0.3) is 0 Å². The number of hydrogen-bond donors (Lipinski definition) is 3. The van der Waals surface area contributed by atoms with Gasteiger partial charge in [0.25, 0.3) is 0 Å². The number of aromatic nitrogens is 1. The fourth-order valence-corrected chi connectivity index (χ4v) is 1.11. The number of amides is 1. The highest BCUT2D eigenvalue weighted by Gasteiger charge is 2.15. The molecule has 0 spiro atoms. The van der Waals surface area contributed by atoms with Gasteiger partial charge in [-0.1, -0.05) is 6.92 Å². The van der Waals surface area contributed by atoms with Crippen LogP contribution in [0.5, 0.6) is 0 Å². The molecule has 15 heavy (non-hydrogen) atoms. The average molecular weight is 210 g/mol. The van der Waals surface area contributed by atoms with E-state index in [9.17, 15) is 9.59 Å². The molecule has 0 saturated carbocycles. The largest absolute Gasteiger partial charge is 0.481 e. The summed E-state index contributed by atoms with van der Waals surface area (Å²) in [7, 11) is 0. The van der Waals surface area contributed by atoms with Gasteiger partial charge in [0.05, 0.1) is 12.5 Å². The lowest BCUT2D eigenvalue weighted by Crippen LogP contribution is -2.26. The third-order valence-electron chi connectivity index (χ3n) is 2.05. The molecule has 3 N–H and O–H groups in total. The van der Waals surface area contributed by atoms with E-state index in [2.05, 4.69) is 10.3 Å². The summed E-state index contributed by atoms with van der Waals surface area (Å²) in [4.78, 5) is 24.7. The van der Waals surface area contributed by atoms with Gasteiger partial charge in [-0.2, -0.15) is 0 Å². The maximum absolute atomic E-state index is 11.3. The fraction of sp³-hybridized carbons (Fsp3) is 0.400. The highest BCUT2D eigenvalue weighted by molar-refractivity contribution is 5.81. The summed E-state index contributed by atoms with van der Waals surface area (Å²) in [6.07, 6.45) is 1.78. The Bertz CT molecular complexity index is 332. The molecule has 0 bridgehead atoms. The van der Waals surface area contributed by atoms with Gasteiger partial charge < -0.3 is 15.4 Å². The van der Waals surface area contributed by atoms with Gasteiger partial charge >= 0.3 is 5.97 Å². The zero-order valence-corrected chi connectivity index (χ0v) is 8.49. The van der Waals surface area contributed by atoms with Crippen molar-refractivity contribution in [3.05, 3.63) is 24.0 Å². The van der Waals surface area contributed by atoms with E-state index in [4.69, 9.17) is 5.11 Å². The molecule has 1 aromatic rings. The lowest BCUT2D eigenvalue weighted by atomic mass is 10.1. The third kappa shape index (κ3) is 3.84. The molecule has 0 aliphatic heterocycles. The highest BCUT2D eigenvalue weighted by Crippen LogP contribution is 2.01. The van der Waals surface area contributed by atoms with Crippen molar-refractivity contribution in [3.8, 4) is 0 Å². The lowest BCUT2D eigenvalue weighted by molar-refractivity contribution is -0.143. The number of H-pyrrole nitrogens is 1. The quantitative estimate of drug-likeness (QED) is 0.670. The van der Waals surface area contributed by atoms with Gasteiger partial charge in [-0.15, -0.1) is 0 Å². The molecule has 1 rings (SSSR count). The second-order valence-electron chi connectivity index (χ2n) is 3.42. The molecule has 1 heterocycles. The van der Waals surface area contributed by atoms with Crippen LogP contribution in [0.15, 0.2) is 18.3 Å². The molecule has 1 amide bonds. The smallest absolute Gasteiger partial charge is 0.306 e. The normalized spacial score (nSPS) is 12.1. The zero-order chi connectivity index (χ0) is 11.3. The minimum Gasteiger partial charge on any atom is -0.481 e. The zero-order valence-electron chi connectivity index (χ0n) is 8.49. The van der Waals surface area contributed by atoms with Crippen molar-refractivity contribution in [1.82, 2.24) is 10.3 Å². The molecule has 0 aromatic carbocycles. The molecular formula is C10H14N2O3. The van der Waals surface area contributed by atoms with Crippen LogP contribution in [0.2, 0.25) is 0 Å². The number of aromatic amines is 1.